The lowest BCUT2D eigenvalue weighted by molar-refractivity contribution is -0.161. The van der Waals surface area contributed by atoms with Crippen molar-refractivity contribution in [1.29, 1.82) is 0 Å². The van der Waals surface area contributed by atoms with Gasteiger partial charge in [-0.25, -0.2) is 9.59 Å². The van der Waals surface area contributed by atoms with Crippen LogP contribution >= 0.6 is 0 Å². The van der Waals surface area contributed by atoms with E-state index >= 15 is 0 Å². The molecule has 0 radical (unpaired) electrons. The van der Waals surface area contributed by atoms with Crippen LogP contribution < -0.4 is 0 Å². The van der Waals surface area contributed by atoms with E-state index in [0.717, 1.165) is 0 Å². The zero-order valence-corrected chi connectivity index (χ0v) is 5.29. The van der Waals surface area contributed by atoms with E-state index in [0.29, 0.717) is 0 Å². The molecule has 0 aromatic heterocycles. The average Bonchev–Trinajstić information content (AvgIpc) is 1.87. The second-order valence-electron chi connectivity index (χ2n) is 1.35. The zero-order chi connectivity index (χ0) is 8.15. The van der Waals surface area contributed by atoms with Gasteiger partial charge in [0.25, 0.3) is 0 Å². The molecule has 0 aliphatic carbocycles. The summed E-state index contributed by atoms with van der Waals surface area (Å²) in [4.78, 5) is 30.2. The molecule has 0 bridgehead atoms. The molecule has 56 valence electrons. The number of esters is 1. The van der Waals surface area contributed by atoms with Crippen LogP contribution in [0.1, 0.15) is 6.92 Å². The second-order valence-corrected chi connectivity index (χ2v) is 1.35. The number of ether oxygens (including phenoxy) is 1. The first-order valence-electron chi connectivity index (χ1n) is 2.54. The number of hydrogen-bond donors (Lipinski definition) is 1. The molecular weight excluding hydrogens is 140 g/mol. The maximum atomic E-state index is 10.2. The van der Waals surface area contributed by atoms with Gasteiger partial charge in [0.2, 0.25) is 0 Å². The number of carboxylic acids is 1. The lowest BCUT2D eigenvalue weighted by atomic mass is 10.4. The molecule has 0 spiro atoms. The molecule has 0 saturated heterocycles. The van der Waals surface area contributed by atoms with Gasteiger partial charge in [-0.1, -0.05) is 0 Å². The minimum Gasteiger partial charge on any atom is -0.475 e. The van der Waals surface area contributed by atoms with Gasteiger partial charge in [-0.3, -0.25) is 4.79 Å². The Morgan fingerprint density at radius 2 is 1.90 bits per heavy atom. The molecule has 0 amide bonds. The largest absolute Gasteiger partial charge is 0.475 e. The van der Waals surface area contributed by atoms with Gasteiger partial charge >= 0.3 is 17.7 Å². The standard InChI is InChI=1S/C5H6O5/c1-2-10-5(9)3(6)4(7)8/h2H2,1H3,(H,7,8). The van der Waals surface area contributed by atoms with E-state index in [9.17, 15) is 14.4 Å². The molecule has 0 rings (SSSR count). The number of carboxylic acid groups (broad SMARTS) is 1. The average molecular weight is 146 g/mol. The molecule has 0 saturated carbocycles. The Balaban J connectivity index is 3.96. The number of aliphatic carboxylic acids is 1. The first-order valence-corrected chi connectivity index (χ1v) is 2.54. The molecule has 0 aromatic rings. The van der Waals surface area contributed by atoms with Gasteiger partial charge in [0.05, 0.1) is 6.61 Å². The van der Waals surface area contributed by atoms with Gasteiger partial charge in [-0.15, -0.1) is 0 Å². The molecule has 0 aliphatic rings. The summed E-state index contributed by atoms with van der Waals surface area (Å²) in [6, 6.07) is 0. The Labute approximate surface area is 56.6 Å². The topological polar surface area (TPSA) is 80.7 Å². The Morgan fingerprint density at radius 1 is 1.40 bits per heavy atom. The van der Waals surface area contributed by atoms with Crippen LogP contribution in [-0.2, 0) is 19.1 Å². The quantitative estimate of drug-likeness (QED) is 0.320. The number of ketones is 1. The summed E-state index contributed by atoms with van der Waals surface area (Å²) in [5.74, 6) is -4.66. The zero-order valence-electron chi connectivity index (χ0n) is 5.29. The van der Waals surface area contributed by atoms with Crippen LogP contribution in [0.25, 0.3) is 0 Å². The summed E-state index contributed by atoms with van der Waals surface area (Å²) in [5, 5.41) is 7.93. The molecule has 0 fully saturated rings. The molecule has 0 unspecified atom stereocenters. The van der Waals surface area contributed by atoms with Gasteiger partial charge in [0.1, 0.15) is 0 Å². The van der Waals surface area contributed by atoms with Gasteiger partial charge in [-0.05, 0) is 6.92 Å². The minimum atomic E-state index is -1.79. The van der Waals surface area contributed by atoms with Gasteiger partial charge < -0.3 is 9.84 Å². The van der Waals surface area contributed by atoms with Crippen molar-refractivity contribution in [3.8, 4) is 0 Å². The van der Waals surface area contributed by atoms with Crippen LogP contribution in [0.2, 0.25) is 0 Å². The molecule has 1 N–H and O–H groups in total. The fourth-order valence-corrected chi connectivity index (χ4v) is 0.284. The van der Waals surface area contributed by atoms with Gasteiger partial charge in [0.15, 0.2) is 0 Å². The van der Waals surface area contributed by atoms with Crippen LogP contribution in [-0.4, -0.2) is 29.4 Å². The van der Waals surface area contributed by atoms with E-state index in [1.807, 2.05) is 0 Å². The smallest absolute Gasteiger partial charge is 0.386 e. The fraction of sp³-hybridized carbons (Fsp3) is 0.400. The molecule has 0 heterocycles. The van der Waals surface area contributed by atoms with E-state index in [4.69, 9.17) is 5.11 Å². The third-order valence-electron chi connectivity index (χ3n) is 0.655. The minimum absolute atomic E-state index is 0.00213. The molecular formula is C5H6O5. The number of Topliss-reactive ketones (excluding diaryl/α,β-unsaturated/α-hetero) is 1. The van der Waals surface area contributed by atoms with Crippen LogP contribution in [0, 0.1) is 0 Å². The molecule has 0 atom stereocenters. The van der Waals surface area contributed by atoms with Gasteiger partial charge in [-0.2, -0.15) is 0 Å². The lowest BCUT2D eigenvalue weighted by Gasteiger charge is -1.94. The number of hydrogen-bond acceptors (Lipinski definition) is 4. The molecule has 0 aromatic carbocycles. The van der Waals surface area contributed by atoms with Crippen LogP contribution in [0.4, 0.5) is 0 Å². The lowest BCUT2D eigenvalue weighted by Crippen LogP contribution is -2.25. The molecule has 5 heteroatoms. The van der Waals surface area contributed by atoms with E-state index in [1.54, 1.807) is 0 Å². The third-order valence-corrected chi connectivity index (χ3v) is 0.655. The Hall–Kier alpha value is -1.39. The number of rotatable bonds is 3. The molecule has 10 heavy (non-hydrogen) atoms. The van der Waals surface area contributed by atoms with Crippen molar-refractivity contribution in [2.45, 2.75) is 6.92 Å². The van der Waals surface area contributed by atoms with Crippen molar-refractivity contribution in [2.24, 2.45) is 0 Å². The molecule has 5 nitrogen and oxygen atoms in total. The highest BCUT2D eigenvalue weighted by Crippen LogP contribution is 1.80. The first-order chi connectivity index (χ1) is 4.59. The first kappa shape index (κ1) is 8.61. The van der Waals surface area contributed by atoms with Crippen LogP contribution in [0.5, 0.6) is 0 Å². The van der Waals surface area contributed by atoms with Crippen molar-refractivity contribution >= 4 is 17.7 Å². The summed E-state index contributed by atoms with van der Waals surface area (Å²) >= 11 is 0. The van der Waals surface area contributed by atoms with Gasteiger partial charge in [0, 0.05) is 0 Å². The van der Waals surface area contributed by atoms with Crippen LogP contribution in [0.3, 0.4) is 0 Å². The number of carbonyl (C=O) groups is 3. The Bertz CT molecular complexity index is 171. The predicted molar refractivity (Wildman–Crippen MR) is 29.3 cm³/mol. The second kappa shape index (κ2) is 3.60. The summed E-state index contributed by atoms with van der Waals surface area (Å²) < 4.78 is 4.10. The summed E-state index contributed by atoms with van der Waals surface area (Å²) in [6.07, 6.45) is 0. The predicted octanol–water partition coefficient (Wildman–Crippen LogP) is -0.797. The summed E-state index contributed by atoms with van der Waals surface area (Å²) in [6.45, 7) is 1.48. The maximum Gasteiger partial charge on any atom is 0.386 e. The van der Waals surface area contributed by atoms with Crippen molar-refractivity contribution in [3.05, 3.63) is 0 Å². The SMILES string of the molecule is CCOC(=O)C(=O)C(=O)O. The highest BCUT2D eigenvalue weighted by atomic mass is 16.5. The summed E-state index contributed by atoms with van der Waals surface area (Å²) in [7, 11) is 0. The third kappa shape index (κ3) is 2.25. The maximum absolute atomic E-state index is 10.2. The summed E-state index contributed by atoms with van der Waals surface area (Å²) in [5.41, 5.74) is 0. The fourth-order valence-electron chi connectivity index (χ4n) is 0.284. The Morgan fingerprint density at radius 3 is 2.20 bits per heavy atom. The normalized spacial score (nSPS) is 8.50. The van der Waals surface area contributed by atoms with Crippen LogP contribution in [0.15, 0.2) is 0 Å². The van der Waals surface area contributed by atoms with Crippen molar-refractivity contribution < 1.29 is 24.2 Å². The van der Waals surface area contributed by atoms with Crippen molar-refractivity contribution in [3.63, 3.8) is 0 Å². The number of carbonyl (C=O) groups excluding carboxylic acids is 2. The van der Waals surface area contributed by atoms with E-state index in [2.05, 4.69) is 4.74 Å². The monoisotopic (exact) mass is 146 g/mol. The van der Waals surface area contributed by atoms with E-state index in [1.165, 1.54) is 6.92 Å². The highest BCUT2D eigenvalue weighted by Gasteiger charge is 2.22. The van der Waals surface area contributed by atoms with E-state index in [-0.39, 0.29) is 6.61 Å². The van der Waals surface area contributed by atoms with Crippen molar-refractivity contribution in [2.75, 3.05) is 6.61 Å². The molecule has 0 aliphatic heterocycles. The Kier molecular flexibility index (Phi) is 3.10. The van der Waals surface area contributed by atoms with E-state index < -0.39 is 17.7 Å². The highest BCUT2D eigenvalue weighted by molar-refractivity contribution is 6.59. The van der Waals surface area contributed by atoms with Crippen molar-refractivity contribution in [1.82, 2.24) is 0 Å².